The van der Waals surface area contributed by atoms with Crippen LogP contribution in [0.3, 0.4) is 0 Å². The summed E-state index contributed by atoms with van der Waals surface area (Å²) in [5.41, 5.74) is 8.71. The first-order valence-corrected chi connectivity index (χ1v) is 21.6. The van der Waals surface area contributed by atoms with Gasteiger partial charge in [-0.2, -0.15) is 8.42 Å². The van der Waals surface area contributed by atoms with E-state index in [9.17, 15) is 9.59 Å². The van der Waals surface area contributed by atoms with Crippen molar-refractivity contribution < 1.29 is 64.0 Å². The summed E-state index contributed by atoms with van der Waals surface area (Å²) in [6.07, 6.45) is 10.9. The van der Waals surface area contributed by atoms with Gasteiger partial charge in [0.15, 0.2) is 0 Å². The van der Waals surface area contributed by atoms with Crippen molar-refractivity contribution in [3.63, 3.8) is 0 Å². The highest BCUT2D eigenvalue weighted by atomic mass is 32.3. The number of rotatable bonds is 0. The lowest BCUT2D eigenvalue weighted by atomic mass is 9.53. The van der Waals surface area contributed by atoms with E-state index in [2.05, 4.69) is 80.3 Å². The molecule has 2 aromatic rings. The highest BCUT2D eigenvalue weighted by Gasteiger charge is 2.72. The lowest BCUT2D eigenvalue weighted by molar-refractivity contribution is -0.133. The van der Waals surface area contributed by atoms with E-state index in [4.69, 9.17) is 27.0 Å². The molecule has 2 aliphatic carbocycles. The second kappa shape index (κ2) is 15.0. The van der Waals surface area contributed by atoms with E-state index in [1.807, 2.05) is 0 Å². The van der Waals surface area contributed by atoms with Crippen LogP contribution in [0.15, 0.2) is 71.8 Å². The predicted octanol–water partition coefficient (Wildman–Crippen LogP) is -0.591. The van der Waals surface area contributed by atoms with Crippen LogP contribution in [0.1, 0.15) is 49.7 Å². The minimum Gasteiger partial charge on any atom is -0.412 e. The van der Waals surface area contributed by atoms with Gasteiger partial charge in [0.2, 0.25) is 11.8 Å². The van der Waals surface area contributed by atoms with Crippen LogP contribution in [-0.4, -0.2) is 142 Å². The normalized spacial score (nSPS) is 39.2. The maximum absolute atomic E-state index is 13.2. The predicted molar refractivity (Wildman–Crippen MR) is 219 cm³/mol. The molecule has 12 aliphatic rings. The number of hydrogen-bond acceptors (Lipinski definition) is 8. The van der Waals surface area contributed by atoms with Crippen LogP contribution in [0.25, 0.3) is 0 Å². The molecule has 328 valence electrons. The number of ether oxygens (including phenoxy) is 2. The Hall–Kier alpha value is -3.63. The Morgan fingerprint density at radius 1 is 0.617 bits per heavy atom. The lowest BCUT2D eigenvalue weighted by Gasteiger charge is -2.58. The number of nitrogens with zero attached hydrogens (tertiary/aromatic N) is 4. The van der Waals surface area contributed by atoms with Crippen molar-refractivity contribution in [2.24, 2.45) is 23.7 Å². The molecule has 2 saturated carbocycles. The van der Waals surface area contributed by atoms with Crippen molar-refractivity contribution in [3.8, 4) is 0 Å². The van der Waals surface area contributed by atoms with Crippen molar-refractivity contribution in [3.05, 3.63) is 83.0 Å². The fraction of sp³-hybridized carbons (Fsp3) is 0.571. The second-order valence-electron chi connectivity index (χ2n) is 18.0. The monoisotopic (exact) mass is 856 g/mol. The lowest BCUT2D eigenvalue weighted by Crippen LogP contribution is -2.69. The molecule has 6 saturated heterocycles. The Kier molecular flexibility index (Phi) is 11.1. The average Bonchev–Trinajstić information content (AvgIpc) is 3.84. The quantitative estimate of drug-likeness (QED) is 0.251. The summed E-state index contributed by atoms with van der Waals surface area (Å²) in [5, 5.41) is 0. The molecule has 2 amide bonds. The molecule has 10 heterocycles. The van der Waals surface area contributed by atoms with E-state index < -0.39 is 10.4 Å². The molecular weight excluding hydrogens is 801 g/mol. The topological polar surface area (TPSA) is 298 Å². The first kappa shape index (κ1) is 44.4. The highest BCUT2D eigenvalue weighted by molar-refractivity contribution is 7.79. The number of benzene rings is 2. The third-order valence-corrected chi connectivity index (χ3v) is 16.4. The average molecular weight is 857 g/mol. The van der Waals surface area contributed by atoms with Crippen molar-refractivity contribution in [1.82, 2.24) is 9.80 Å². The van der Waals surface area contributed by atoms with Gasteiger partial charge in [-0.3, -0.25) is 28.5 Å². The van der Waals surface area contributed by atoms with E-state index in [1.165, 1.54) is 61.3 Å². The fourth-order valence-electron chi connectivity index (χ4n) is 15.0. The first-order chi connectivity index (χ1) is 26.6. The molecule has 10 aliphatic heterocycles. The van der Waals surface area contributed by atoms with Crippen LogP contribution >= 0.6 is 0 Å². The van der Waals surface area contributed by atoms with Gasteiger partial charge in [0.1, 0.15) is 0 Å². The van der Waals surface area contributed by atoms with Crippen molar-refractivity contribution in [2.75, 3.05) is 49.2 Å². The minimum atomic E-state index is -4.67. The molecule has 14 rings (SSSR count). The zero-order valence-corrected chi connectivity index (χ0v) is 33.9. The van der Waals surface area contributed by atoms with E-state index in [1.54, 1.807) is 11.1 Å². The van der Waals surface area contributed by atoms with Gasteiger partial charge in [-0.05, 0) is 73.9 Å². The number of piperidine rings is 4. The zero-order valence-electron chi connectivity index (χ0n) is 33.1. The third-order valence-electron chi connectivity index (χ3n) is 16.4. The molecule has 60 heavy (non-hydrogen) atoms. The number of hydrogen-bond donors (Lipinski definition) is 2. The third kappa shape index (κ3) is 5.60. The summed E-state index contributed by atoms with van der Waals surface area (Å²) >= 11 is 0. The molecule has 12 N–H and O–H groups in total. The van der Waals surface area contributed by atoms with Crippen LogP contribution in [0.5, 0.6) is 0 Å². The summed E-state index contributed by atoms with van der Waals surface area (Å²) in [4.78, 5) is 36.2. The molecule has 12 atom stereocenters. The molecule has 2 aromatic carbocycles. The number of fused-ring (bicyclic) bond motifs is 4. The van der Waals surface area contributed by atoms with Gasteiger partial charge >= 0.3 is 10.4 Å². The zero-order chi connectivity index (χ0) is 37.2. The first-order valence-electron chi connectivity index (χ1n) is 20.2. The Morgan fingerprint density at radius 3 is 1.40 bits per heavy atom. The molecule has 0 unspecified atom stereocenters. The molecule has 2 spiro atoms. The molecule has 4 bridgehead atoms. The van der Waals surface area contributed by atoms with Crippen LogP contribution in [-0.2, 0) is 40.3 Å². The van der Waals surface area contributed by atoms with E-state index in [0.29, 0.717) is 73.9 Å². The molecule has 17 nitrogen and oxygen atoms in total. The van der Waals surface area contributed by atoms with Gasteiger partial charge in [0.05, 0.1) is 50.3 Å². The Labute approximate surface area is 348 Å². The minimum absolute atomic E-state index is 0. The van der Waals surface area contributed by atoms with Gasteiger partial charge in [-0.1, -0.05) is 59.7 Å². The van der Waals surface area contributed by atoms with Gasteiger partial charge < -0.3 is 46.7 Å². The molecule has 18 heteroatoms. The Morgan fingerprint density at radius 2 is 1.00 bits per heavy atom. The summed E-state index contributed by atoms with van der Waals surface area (Å²) in [6, 6.07) is 19.3. The Bertz CT molecular complexity index is 2090. The molecular formula is C42H56N4O13S. The number of anilines is 2. The summed E-state index contributed by atoms with van der Waals surface area (Å²) in [7, 11) is -4.67. The SMILES string of the molecule is O.O.O.O.O.O=C1C[C@@H]2OCC=C3CN4CC[C@]56c7ccccc7N1[C@H]5[C@H]2[C@H]3C[C@H]46.O=C1C[C@@H]2OCC=C3CN4CC[C@]56c7ccccc7N1[C@H]5[C@H]2[C@H]3C[C@H]46.O=S(=O)(O)O. The molecule has 8 fully saturated rings. The smallest absolute Gasteiger partial charge is 0.394 e. The van der Waals surface area contributed by atoms with E-state index in [-0.39, 0.29) is 62.2 Å². The van der Waals surface area contributed by atoms with Crippen molar-refractivity contribution in [2.45, 2.75) is 85.7 Å². The maximum atomic E-state index is 13.2. The highest BCUT2D eigenvalue weighted by Crippen LogP contribution is 2.67. The standard InChI is InChI=1S/2C21H22N2O2.H2O4S.5H2O/c2*24-18-10-16-19-13-9-17-21(6-7-22(17)11-12(13)5-8-25-16)14-3-1-2-4-15(14)23(18)20(19)21;1-5(2,3)4;;;;;/h2*1-5,13,16-17,19-20H,6-11H2;(H2,1,2,3,4);5*1H2/t2*13-,16-,17-,19-,20-,21+;;;;;;/m00....../s1. The summed E-state index contributed by atoms with van der Waals surface area (Å²) in [6.45, 7) is 5.94. The van der Waals surface area contributed by atoms with Crippen LogP contribution in [0.2, 0.25) is 0 Å². The maximum Gasteiger partial charge on any atom is 0.394 e. The van der Waals surface area contributed by atoms with Gasteiger partial charge in [-0.15, -0.1) is 0 Å². The van der Waals surface area contributed by atoms with E-state index in [0.717, 1.165) is 13.1 Å². The van der Waals surface area contributed by atoms with Crippen molar-refractivity contribution >= 4 is 33.6 Å². The fourth-order valence-corrected chi connectivity index (χ4v) is 15.0. The van der Waals surface area contributed by atoms with Gasteiger partial charge in [0.25, 0.3) is 0 Å². The van der Waals surface area contributed by atoms with Gasteiger partial charge in [-0.25, -0.2) is 0 Å². The van der Waals surface area contributed by atoms with Crippen LogP contribution in [0, 0.1) is 23.7 Å². The van der Waals surface area contributed by atoms with Crippen LogP contribution < -0.4 is 9.80 Å². The van der Waals surface area contributed by atoms with Crippen molar-refractivity contribution in [1.29, 1.82) is 0 Å². The second-order valence-corrected chi connectivity index (χ2v) is 18.9. The number of para-hydroxylation sites is 2. The summed E-state index contributed by atoms with van der Waals surface area (Å²) in [5.74, 6) is 2.70. The van der Waals surface area contributed by atoms with Crippen LogP contribution in [0.4, 0.5) is 11.4 Å². The largest absolute Gasteiger partial charge is 0.412 e. The van der Waals surface area contributed by atoms with E-state index >= 15 is 0 Å². The Balaban J connectivity index is 0.000000152. The number of carbonyl (C=O) groups excluding carboxylic acids is 2. The molecule has 0 radical (unpaired) electrons. The molecule has 0 aromatic heterocycles. The number of amides is 2. The summed E-state index contributed by atoms with van der Waals surface area (Å²) < 4.78 is 44.1. The number of carbonyl (C=O) groups is 2. The van der Waals surface area contributed by atoms with Gasteiger partial charge in [0, 0.05) is 59.2 Å².